The number of hydrogen-bond donors (Lipinski definition) is 1. The summed E-state index contributed by atoms with van der Waals surface area (Å²) in [6.45, 7) is 3.75. The predicted octanol–water partition coefficient (Wildman–Crippen LogP) is 2.74. The maximum atomic E-state index is 10.8. The van der Waals surface area contributed by atoms with Crippen molar-refractivity contribution < 1.29 is 4.92 Å². The lowest BCUT2D eigenvalue weighted by Crippen LogP contribution is -1.94. The van der Waals surface area contributed by atoms with Gasteiger partial charge in [0.05, 0.1) is 4.92 Å². The molecule has 98 valence electrons. The number of aryl methyl sites for hydroxylation is 2. The van der Waals surface area contributed by atoms with Gasteiger partial charge in [-0.05, 0) is 37.7 Å². The molecule has 19 heavy (non-hydrogen) atoms. The first-order valence-electron chi connectivity index (χ1n) is 5.49. The number of benzene rings is 1. The van der Waals surface area contributed by atoms with Crippen molar-refractivity contribution in [1.82, 2.24) is 9.97 Å². The topological polar surface area (TPSA) is 94.9 Å². The van der Waals surface area contributed by atoms with Crippen LogP contribution < -0.4 is 5.73 Å². The highest BCUT2D eigenvalue weighted by atomic mass is 32.2. The lowest BCUT2D eigenvalue weighted by molar-refractivity contribution is -0.385. The van der Waals surface area contributed by atoms with Crippen molar-refractivity contribution in [3.8, 4) is 0 Å². The van der Waals surface area contributed by atoms with Crippen LogP contribution in [0.1, 0.15) is 11.4 Å². The monoisotopic (exact) mass is 276 g/mol. The summed E-state index contributed by atoms with van der Waals surface area (Å²) in [6.07, 6.45) is 0. The van der Waals surface area contributed by atoms with Gasteiger partial charge in [-0.25, -0.2) is 9.97 Å². The van der Waals surface area contributed by atoms with Gasteiger partial charge in [-0.1, -0.05) is 0 Å². The molecule has 7 heteroatoms. The van der Waals surface area contributed by atoms with Gasteiger partial charge in [-0.3, -0.25) is 10.1 Å². The number of anilines is 1. The van der Waals surface area contributed by atoms with E-state index in [0.717, 1.165) is 11.4 Å². The maximum absolute atomic E-state index is 10.8. The van der Waals surface area contributed by atoms with E-state index in [1.165, 1.54) is 23.9 Å². The van der Waals surface area contributed by atoms with Crippen molar-refractivity contribution in [3.63, 3.8) is 0 Å². The maximum Gasteiger partial charge on any atom is 0.272 e. The average Bonchev–Trinajstić information content (AvgIpc) is 2.26. The third kappa shape index (κ3) is 3.41. The summed E-state index contributed by atoms with van der Waals surface area (Å²) in [6, 6.07) is 6.32. The van der Waals surface area contributed by atoms with Crippen LogP contribution in [0.3, 0.4) is 0 Å². The highest BCUT2D eigenvalue weighted by Crippen LogP contribution is 2.30. The van der Waals surface area contributed by atoms with Crippen LogP contribution in [0.2, 0.25) is 0 Å². The van der Waals surface area contributed by atoms with Crippen LogP contribution in [0, 0.1) is 24.0 Å². The molecule has 0 bridgehead atoms. The lowest BCUT2D eigenvalue weighted by atomic mass is 10.3. The molecule has 0 unspecified atom stereocenters. The Bertz CT molecular complexity index is 625. The van der Waals surface area contributed by atoms with Gasteiger partial charge in [0, 0.05) is 34.1 Å². The summed E-state index contributed by atoms with van der Waals surface area (Å²) < 4.78 is 0. The van der Waals surface area contributed by atoms with E-state index in [2.05, 4.69) is 9.97 Å². The van der Waals surface area contributed by atoms with E-state index in [0.29, 0.717) is 15.7 Å². The highest BCUT2D eigenvalue weighted by molar-refractivity contribution is 7.99. The van der Waals surface area contributed by atoms with Crippen LogP contribution >= 0.6 is 11.8 Å². The summed E-state index contributed by atoms with van der Waals surface area (Å²) in [5.41, 5.74) is 7.67. The number of nitrogens with two attached hydrogens (primary N) is 1. The zero-order chi connectivity index (χ0) is 14.0. The van der Waals surface area contributed by atoms with Gasteiger partial charge in [0.1, 0.15) is 0 Å². The largest absolute Gasteiger partial charge is 0.398 e. The molecule has 1 aromatic heterocycles. The van der Waals surface area contributed by atoms with E-state index >= 15 is 0 Å². The summed E-state index contributed by atoms with van der Waals surface area (Å²) in [5, 5.41) is 11.3. The minimum atomic E-state index is -0.469. The standard InChI is InChI=1S/C12H12N4O2S/c1-7-3-8(2)15-12(14-7)19-11-5-9(13)4-10(6-11)16(17)18/h3-6H,13H2,1-2H3. The Labute approximate surface area is 114 Å². The number of nitrogen functional groups attached to an aromatic ring is 1. The Morgan fingerprint density at radius 2 is 1.79 bits per heavy atom. The van der Waals surface area contributed by atoms with E-state index in [9.17, 15) is 10.1 Å². The van der Waals surface area contributed by atoms with Crippen LogP contribution in [-0.4, -0.2) is 14.9 Å². The van der Waals surface area contributed by atoms with Gasteiger partial charge in [0.2, 0.25) is 0 Å². The molecule has 0 aliphatic heterocycles. The Hall–Kier alpha value is -2.15. The van der Waals surface area contributed by atoms with Crippen molar-refractivity contribution in [3.05, 3.63) is 45.8 Å². The minimum absolute atomic E-state index is 0.0353. The van der Waals surface area contributed by atoms with E-state index in [4.69, 9.17) is 5.73 Å². The zero-order valence-electron chi connectivity index (χ0n) is 10.5. The molecular weight excluding hydrogens is 264 g/mol. The molecule has 1 aromatic carbocycles. The second kappa shape index (κ2) is 5.23. The van der Waals surface area contributed by atoms with E-state index < -0.39 is 4.92 Å². The molecule has 2 N–H and O–H groups in total. The van der Waals surface area contributed by atoms with Crippen LogP contribution in [-0.2, 0) is 0 Å². The van der Waals surface area contributed by atoms with Gasteiger partial charge < -0.3 is 5.73 Å². The second-order valence-corrected chi connectivity index (χ2v) is 5.09. The van der Waals surface area contributed by atoms with Crippen molar-refractivity contribution in [1.29, 1.82) is 0 Å². The number of rotatable bonds is 3. The van der Waals surface area contributed by atoms with Gasteiger partial charge in [-0.15, -0.1) is 0 Å². The Balaban J connectivity index is 2.35. The fraction of sp³-hybridized carbons (Fsp3) is 0.167. The summed E-state index contributed by atoms with van der Waals surface area (Å²) in [4.78, 5) is 19.5. The summed E-state index contributed by atoms with van der Waals surface area (Å²) in [5.74, 6) is 0. The minimum Gasteiger partial charge on any atom is -0.398 e. The molecule has 0 atom stereocenters. The number of nitro benzene ring substituents is 1. The summed E-state index contributed by atoms with van der Waals surface area (Å²) >= 11 is 1.25. The highest BCUT2D eigenvalue weighted by Gasteiger charge is 2.10. The number of hydrogen-bond acceptors (Lipinski definition) is 6. The smallest absolute Gasteiger partial charge is 0.272 e. The molecule has 6 nitrogen and oxygen atoms in total. The third-order valence-corrected chi connectivity index (χ3v) is 3.13. The molecule has 2 aromatic rings. The van der Waals surface area contributed by atoms with E-state index in [1.807, 2.05) is 19.9 Å². The SMILES string of the molecule is Cc1cc(C)nc(Sc2cc(N)cc([N+](=O)[O-])c2)n1. The zero-order valence-corrected chi connectivity index (χ0v) is 11.3. The third-order valence-electron chi connectivity index (χ3n) is 2.30. The van der Waals surface area contributed by atoms with Gasteiger partial charge in [-0.2, -0.15) is 0 Å². The molecule has 0 aliphatic rings. The number of aromatic nitrogens is 2. The van der Waals surface area contributed by atoms with Crippen molar-refractivity contribution in [2.75, 3.05) is 5.73 Å². The van der Waals surface area contributed by atoms with E-state index in [1.54, 1.807) is 6.07 Å². The number of nitro groups is 1. The van der Waals surface area contributed by atoms with Gasteiger partial charge in [0.15, 0.2) is 5.16 Å². The Kier molecular flexibility index (Phi) is 3.66. The fourth-order valence-corrected chi connectivity index (χ4v) is 2.58. The Morgan fingerprint density at radius 1 is 1.16 bits per heavy atom. The van der Waals surface area contributed by atoms with Gasteiger partial charge >= 0.3 is 0 Å². The molecule has 0 saturated carbocycles. The molecule has 0 saturated heterocycles. The van der Waals surface area contributed by atoms with Crippen LogP contribution in [0.5, 0.6) is 0 Å². The second-order valence-electron chi connectivity index (χ2n) is 4.05. The molecule has 0 radical (unpaired) electrons. The molecule has 1 heterocycles. The number of non-ortho nitro benzene ring substituents is 1. The molecule has 0 aliphatic carbocycles. The molecular formula is C12H12N4O2S. The van der Waals surface area contributed by atoms with Crippen LogP contribution in [0.25, 0.3) is 0 Å². The molecule has 2 rings (SSSR count). The fourth-order valence-electron chi connectivity index (χ4n) is 1.61. The first-order valence-corrected chi connectivity index (χ1v) is 6.31. The Morgan fingerprint density at radius 3 is 2.37 bits per heavy atom. The van der Waals surface area contributed by atoms with Crippen molar-refractivity contribution in [2.24, 2.45) is 0 Å². The average molecular weight is 276 g/mol. The quantitative estimate of drug-likeness (QED) is 0.401. The van der Waals surface area contributed by atoms with Crippen molar-refractivity contribution in [2.45, 2.75) is 23.9 Å². The van der Waals surface area contributed by atoms with Crippen LogP contribution in [0.15, 0.2) is 34.3 Å². The molecule has 0 fully saturated rings. The van der Waals surface area contributed by atoms with Crippen LogP contribution in [0.4, 0.5) is 11.4 Å². The first kappa shape index (κ1) is 13.3. The van der Waals surface area contributed by atoms with E-state index in [-0.39, 0.29) is 5.69 Å². The molecule has 0 spiro atoms. The summed E-state index contributed by atoms with van der Waals surface area (Å²) in [7, 11) is 0. The van der Waals surface area contributed by atoms with Gasteiger partial charge in [0.25, 0.3) is 5.69 Å². The number of nitrogens with zero attached hydrogens (tertiary/aromatic N) is 3. The first-order chi connectivity index (χ1) is 8.94. The normalized spacial score (nSPS) is 10.4. The lowest BCUT2D eigenvalue weighted by Gasteiger charge is -2.04. The molecule has 0 amide bonds. The van der Waals surface area contributed by atoms with Crippen molar-refractivity contribution >= 4 is 23.1 Å². The predicted molar refractivity (Wildman–Crippen MR) is 73.1 cm³/mol.